The van der Waals surface area contributed by atoms with Crippen molar-refractivity contribution in [1.29, 1.82) is 0 Å². The largest absolute Gasteiger partial charge is 0.508 e. The van der Waals surface area contributed by atoms with Crippen molar-refractivity contribution < 1.29 is 5.11 Å². The van der Waals surface area contributed by atoms with Crippen molar-refractivity contribution in [3.8, 4) is 5.75 Å². The monoisotopic (exact) mass is 261 g/mol. The molecular weight excluding hydrogens is 234 g/mol. The van der Waals surface area contributed by atoms with E-state index in [0.29, 0.717) is 5.75 Å². The summed E-state index contributed by atoms with van der Waals surface area (Å²) in [4.78, 5) is 0. The number of nitrogens with one attached hydrogen (secondary N) is 1. The third-order valence-electron chi connectivity index (χ3n) is 4.31. The highest BCUT2D eigenvalue weighted by Crippen LogP contribution is 2.33. The van der Waals surface area contributed by atoms with E-state index < -0.39 is 0 Å². The maximum absolute atomic E-state index is 9.59. The molecule has 1 saturated carbocycles. The Morgan fingerprint density at radius 1 is 1.32 bits per heavy atom. The van der Waals surface area contributed by atoms with Crippen molar-refractivity contribution in [3.05, 3.63) is 29.8 Å². The average Bonchev–Trinajstić information content (AvgIpc) is 2.92. The first-order chi connectivity index (χ1) is 9.29. The SMILES string of the molecule is CCCNCC(Cc1cccc(O)c1)C1CCCC1. The van der Waals surface area contributed by atoms with Crippen LogP contribution < -0.4 is 5.32 Å². The zero-order chi connectivity index (χ0) is 13.5. The predicted octanol–water partition coefficient (Wildman–Crippen LogP) is 3.74. The second kappa shape index (κ2) is 7.54. The Balaban J connectivity index is 1.95. The molecule has 2 rings (SSSR count). The Bertz CT molecular complexity index is 371. The molecule has 1 aliphatic rings. The van der Waals surface area contributed by atoms with E-state index in [4.69, 9.17) is 0 Å². The molecule has 1 atom stereocenters. The van der Waals surface area contributed by atoms with Gasteiger partial charge in [0.1, 0.15) is 5.75 Å². The van der Waals surface area contributed by atoms with Gasteiger partial charge < -0.3 is 10.4 Å². The van der Waals surface area contributed by atoms with Crippen LogP contribution in [0, 0.1) is 11.8 Å². The summed E-state index contributed by atoms with van der Waals surface area (Å²) in [6, 6.07) is 7.77. The molecular formula is C17H27NO. The number of phenols is 1. The Kier molecular flexibility index (Phi) is 5.71. The fourth-order valence-electron chi connectivity index (χ4n) is 3.28. The summed E-state index contributed by atoms with van der Waals surface area (Å²) in [5.41, 5.74) is 1.27. The number of hydrogen-bond acceptors (Lipinski definition) is 2. The van der Waals surface area contributed by atoms with Crippen molar-refractivity contribution in [2.75, 3.05) is 13.1 Å². The van der Waals surface area contributed by atoms with Gasteiger partial charge in [-0.3, -0.25) is 0 Å². The molecule has 0 bridgehead atoms. The van der Waals surface area contributed by atoms with Gasteiger partial charge in [-0.25, -0.2) is 0 Å². The van der Waals surface area contributed by atoms with Crippen LogP contribution >= 0.6 is 0 Å². The molecule has 1 aromatic carbocycles. The van der Waals surface area contributed by atoms with E-state index in [1.807, 2.05) is 12.1 Å². The normalized spacial score (nSPS) is 17.7. The van der Waals surface area contributed by atoms with Gasteiger partial charge in [0, 0.05) is 0 Å². The van der Waals surface area contributed by atoms with E-state index in [0.717, 1.165) is 31.3 Å². The molecule has 0 radical (unpaired) electrons. The van der Waals surface area contributed by atoms with Gasteiger partial charge in [-0.15, -0.1) is 0 Å². The molecule has 0 amide bonds. The molecule has 0 saturated heterocycles. The number of phenolic OH excluding ortho intramolecular Hbond substituents is 1. The van der Waals surface area contributed by atoms with Crippen LogP contribution in [0.5, 0.6) is 5.75 Å². The minimum absolute atomic E-state index is 0.393. The lowest BCUT2D eigenvalue weighted by Gasteiger charge is -2.24. The van der Waals surface area contributed by atoms with E-state index in [1.165, 1.54) is 37.7 Å². The Hall–Kier alpha value is -1.02. The lowest BCUT2D eigenvalue weighted by molar-refractivity contribution is 0.321. The van der Waals surface area contributed by atoms with Gasteiger partial charge >= 0.3 is 0 Å². The van der Waals surface area contributed by atoms with Crippen molar-refractivity contribution in [2.45, 2.75) is 45.4 Å². The van der Waals surface area contributed by atoms with Crippen LogP contribution in [0.25, 0.3) is 0 Å². The van der Waals surface area contributed by atoms with E-state index >= 15 is 0 Å². The first-order valence-electron chi connectivity index (χ1n) is 7.78. The lowest BCUT2D eigenvalue weighted by Crippen LogP contribution is -2.29. The van der Waals surface area contributed by atoms with Gasteiger partial charge in [0.15, 0.2) is 0 Å². The summed E-state index contributed by atoms with van der Waals surface area (Å²) in [7, 11) is 0. The Labute approximate surface area is 117 Å². The molecule has 0 heterocycles. The van der Waals surface area contributed by atoms with E-state index in [1.54, 1.807) is 6.07 Å². The highest BCUT2D eigenvalue weighted by atomic mass is 16.3. The molecule has 2 N–H and O–H groups in total. The topological polar surface area (TPSA) is 32.3 Å². The molecule has 0 aliphatic heterocycles. The zero-order valence-corrected chi connectivity index (χ0v) is 12.1. The van der Waals surface area contributed by atoms with E-state index in [2.05, 4.69) is 18.3 Å². The smallest absolute Gasteiger partial charge is 0.115 e. The van der Waals surface area contributed by atoms with E-state index in [9.17, 15) is 5.11 Å². The predicted molar refractivity (Wildman–Crippen MR) is 80.4 cm³/mol. The Morgan fingerprint density at radius 3 is 2.79 bits per heavy atom. The van der Waals surface area contributed by atoms with Gasteiger partial charge in [0.25, 0.3) is 0 Å². The first kappa shape index (κ1) is 14.4. The first-order valence-corrected chi connectivity index (χ1v) is 7.78. The van der Waals surface area contributed by atoms with Crippen LogP contribution in [0.2, 0.25) is 0 Å². The molecule has 2 heteroatoms. The number of rotatable bonds is 7. The molecule has 1 unspecified atom stereocenters. The summed E-state index contributed by atoms with van der Waals surface area (Å²) in [6.07, 6.45) is 7.86. The minimum atomic E-state index is 0.393. The van der Waals surface area contributed by atoms with Crippen molar-refractivity contribution in [1.82, 2.24) is 5.32 Å². The summed E-state index contributed by atoms with van der Waals surface area (Å²) < 4.78 is 0. The zero-order valence-electron chi connectivity index (χ0n) is 12.1. The lowest BCUT2D eigenvalue weighted by atomic mass is 9.85. The summed E-state index contributed by atoms with van der Waals surface area (Å²) in [6.45, 7) is 4.45. The van der Waals surface area contributed by atoms with Crippen LogP contribution in [-0.4, -0.2) is 18.2 Å². The summed E-state index contributed by atoms with van der Waals surface area (Å²) in [5, 5.41) is 13.2. The molecule has 0 spiro atoms. The second-order valence-electron chi connectivity index (χ2n) is 5.88. The van der Waals surface area contributed by atoms with Gasteiger partial charge in [0.2, 0.25) is 0 Å². The van der Waals surface area contributed by atoms with E-state index in [-0.39, 0.29) is 0 Å². The van der Waals surface area contributed by atoms with Crippen LogP contribution in [0.1, 0.15) is 44.6 Å². The molecule has 1 aliphatic carbocycles. The fourth-order valence-corrected chi connectivity index (χ4v) is 3.28. The van der Waals surface area contributed by atoms with Gasteiger partial charge in [-0.2, -0.15) is 0 Å². The summed E-state index contributed by atoms with van der Waals surface area (Å²) in [5.74, 6) is 1.98. The molecule has 1 fully saturated rings. The molecule has 1 aromatic rings. The van der Waals surface area contributed by atoms with Crippen LogP contribution in [0.15, 0.2) is 24.3 Å². The minimum Gasteiger partial charge on any atom is -0.508 e. The standard InChI is InChI=1S/C17H27NO/c1-2-10-18-13-16(15-7-3-4-8-15)11-14-6-5-9-17(19)12-14/h5-6,9,12,15-16,18-19H,2-4,7-8,10-11,13H2,1H3. The number of aromatic hydroxyl groups is 1. The second-order valence-corrected chi connectivity index (χ2v) is 5.88. The number of benzene rings is 1. The van der Waals surface area contributed by atoms with Gasteiger partial charge in [-0.05, 0) is 55.5 Å². The third-order valence-corrected chi connectivity index (χ3v) is 4.31. The van der Waals surface area contributed by atoms with Gasteiger partial charge in [0.05, 0.1) is 0 Å². The molecule has 106 valence electrons. The number of hydrogen-bond donors (Lipinski definition) is 2. The molecule has 2 nitrogen and oxygen atoms in total. The van der Waals surface area contributed by atoms with Crippen molar-refractivity contribution >= 4 is 0 Å². The maximum atomic E-state index is 9.59. The summed E-state index contributed by atoms with van der Waals surface area (Å²) >= 11 is 0. The third kappa shape index (κ3) is 4.54. The average molecular weight is 261 g/mol. The van der Waals surface area contributed by atoms with Crippen molar-refractivity contribution in [2.24, 2.45) is 11.8 Å². The van der Waals surface area contributed by atoms with Crippen LogP contribution in [0.4, 0.5) is 0 Å². The Morgan fingerprint density at radius 2 is 2.11 bits per heavy atom. The van der Waals surface area contributed by atoms with Crippen LogP contribution in [0.3, 0.4) is 0 Å². The maximum Gasteiger partial charge on any atom is 0.115 e. The van der Waals surface area contributed by atoms with Gasteiger partial charge in [-0.1, -0.05) is 44.7 Å². The van der Waals surface area contributed by atoms with Crippen LogP contribution in [-0.2, 0) is 6.42 Å². The quantitative estimate of drug-likeness (QED) is 0.733. The van der Waals surface area contributed by atoms with Crippen molar-refractivity contribution in [3.63, 3.8) is 0 Å². The highest BCUT2D eigenvalue weighted by molar-refractivity contribution is 5.27. The highest BCUT2D eigenvalue weighted by Gasteiger charge is 2.24. The fraction of sp³-hybridized carbons (Fsp3) is 0.647. The molecule has 0 aromatic heterocycles. The molecule has 19 heavy (non-hydrogen) atoms.